The van der Waals surface area contributed by atoms with Crippen LogP contribution in [0.4, 0.5) is 0 Å². The normalized spacial score (nSPS) is 19.2. The van der Waals surface area contributed by atoms with E-state index in [9.17, 15) is 13.2 Å². The molecule has 1 aromatic heterocycles. The SMILES string of the molecule is CN(CCC1CCCCO1)S(=O)(=O)c1ccc2oc(=O)n(C)c2c1. The quantitative estimate of drug-likeness (QED) is 0.816. The van der Waals surface area contributed by atoms with Gasteiger partial charge in [-0.1, -0.05) is 0 Å². The number of sulfonamides is 1. The van der Waals surface area contributed by atoms with Gasteiger partial charge in [0.15, 0.2) is 5.58 Å². The van der Waals surface area contributed by atoms with E-state index in [1.54, 1.807) is 14.1 Å². The van der Waals surface area contributed by atoms with Crippen LogP contribution in [0.3, 0.4) is 0 Å². The zero-order chi connectivity index (χ0) is 17.3. The molecule has 2 aromatic rings. The number of aryl methyl sites for hydroxylation is 1. The Hall–Kier alpha value is -1.64. The number of benzene rings is 1. The van der Waals surface area contributed by atoms with E-state index in [4.69, 9.17) is 9.15 Å². The monoisotopic (exact) mass is 354 g/mol. The Morgan fingerprint density at radius 3 is 2.83 bits per heavy atom. The standard InChI is InChI=1S/C16H22N2O5S/c1-17(9-8-12-5-3-4-10-22-12)24(20,21)13-6-7-15-14(11-13)18(2)16(19)23-15/h6-7,11-12H,3-5,8-10H2,1-2H3. The molecule has 1 unspecified atom stereocenters. The summed E-state index contributed by atoms with van der Waals surface area (Å²) in [4.78, 5) is 11.7. The molecule has 3 rings (SSSR count). The van der Waals surface area contributed by atoms with Gasteiger partial charge >= 0.3 is 5.76 Å². The molecule has 0 bridgehead atoms. The van der Waals surface area contributed by atoms with Crippen LogP contribution < -0.4 is 5.76 Å². The molecule has 1 atom stereocenters. The highest BCUT2D eigenvalue weighted by molar-refractivity contribution is 7.89. The maximum atomic E-state index is 12.7. The van der Waals surface area contributed by atoms with Gasteiger partial charge in [-0.25, -0.2) is 17.5 Å². The lowest BCUT2D eigenvalue weighted by Crippen LogP contribution is -2.31. The number of hydrogen-bond donors (Lipinski definition) is 0. The van der Waals surface area contributed by atoms with Crippen molar-refractivity contribution in [3.05, 3.63) is 28.7 Å². The molecule has 1 aliphatic heterocycles. The van der Waals surface area contributed by atoms with Crippen LogP contribution in [0.1, 0.15) is 25.7 Å². The third-order valence-corrected chi connectivity index (χ3v) is 6.36. The molecule has 7 nitrogen and oxygen atoms in total. The molecule has 1 aromatic carbocycles. The Kier molecular flexibility index (Phi) is 4.80. The van der Waals surface area contributed by atoms with Gasteiger partial charge in [-0.15, -0.1) is 0 Å². The summed E-state index contributed by atoms with van der Waals surface area (Å²) in [5.41, 5.74) is 0.838. The van der Waals surface area contributed by atoms with E-state index in [-0.39, 0.29) is 11.0 Å². The highest BCUT2D eigenvalue weighted by atomic mass is 32.2. The molecule has 132 valence electrons. The molecule has 0 spiro atoms. The van der Waals surface area contributed by atoms with Gasteiger partial charge in [0.1, 0.15) is 0 Å². The summed E-state index contributed by atoms with van der Waals surface area (Å²) in [6.07, 6.45) is 4.01. The van der Waals surface area contributed by atoms with Crippen molar-refractivity contribution < 1.29 is 17.6 Å². The fourth-order valence-corrected chi connectivity index (χ4v) is 4.13. The minimum absolute atomic E-state index is 0.133. The molecule has 8 heteroatoms. The second kappa shape index (κ2) is 6.70. The van der Waals surface area contributed by atoms with E-state index < -0.39 is 15.8 Å². The lowest BCUT2D eigenvalue weighted by Gasteiger charge is -2.25. The first-order valence-electron chi connectivity index (χ1n) is 8.07. The van der Waals surface area contributed by atoms with Crippen LogP contribution in [-0.2, 0) is 21.8 Å². The average Bonchev–Trinajstić information content (AvgIpc) is 2.87. The molecule has 1 aliphatic rings. The summed E-state index contributed by atoms with van der Waals surface area (Å²) in [6.45, 7) is 1.15. The number of fused-ring (bicyclic) bond motifs is 1. The fraction of sp³-hybridized carbons (Fsp3) is 0.562. The molecule has 0 N–H and O–H groups in total. The van der Waals surface area contributed by atoms with Crippen molar-refractivity contribution in [3.8, 4) is 0 Å². The van der Waals surface area contributed by atoms with E-state index in [2.05, 4.69) is 0 Å². The Bertz CT molecular complexity index is 877. The highest BCUT2D eigenvalue weighted by Crippen LogP contribution is 2.22. The van der Waals surface area contributed by atoms with Crippen LogP contribution in [0.2, 0.25) is 0 Å². The Labute approximate surface area is 140 Å². The first-order valence-corrected chi connectivity index (χ1v) is 9.51. The highest BCUT2D eigenvalue weighted by Gasteiger charge is 2.24. The summed E-state index contributed by atoms with van der Waals surface area (Å²) in [7, 11) is -0.502. The van der Waals surface area contributed by atoms with Crippen molar-refractivity contribution in [2.24, 2.45) is 7.05 Å². The molecule has 24 heavy (non-hydrogen) atoms. The lowest BCUT2D eigenvalue weighted by molar-refractivity contribution is 0.00950. The second-order valence-electron chi connectivity index (χ2n) is 6.16. The number of hydrogen-bond acceptors (Lipinski definition) is 5. The third-order valence-electron chi connectivity index (χ3n) is 4.51. The van der Waals surface area contributed by atoms with Gasteiger partial charge in [0.25, 0.3) is 0 Å². The topological polar surface area (TPSA) is 81.8 Å². The number of aromatic nitrogens is 1. The number of nitrogens with zero attached hydrogens (tertiary/aromatic N) is 2. The molecule has 2 heterocycles. The van der Waals surface area contributed by atoms with Gasteiger partial charge < -0.3 is 9.15 Å². The second-order valence-corrected chi connectivity index (χ2v) is 8.21. The molecule has 1 fully saturated rings. The first kappa shape index (κ1) is 17.2. The van der Waals surface area contributed by atoms with Crippen LogP contribution in [-0.4, -0.2) is 43.6 Å². The molecule has 0 aliphatic carbocycles. The van der Waals surface area contributed by atoms with Crippen molar-refractivity contribution in [1.82, 2.24) is 8.87 Å². The minimum atomic E-state index is -3.62. The summed E-state index contributed by atoms with van der Waals surface area (Å²) in [6, 6.07) is 4.46. The van der Waals surface area contributed by atoms with Crippen LogP contribution in [0.25, 0.3) is 11.1 Å². The summed E-state index contributed by atoms with van der Waals surface area (Å²) in [5.74, 6) is -0.512. The van der Waals surface area contributed by atoms with Crippen LogP contribution in [0.5, 0.6) is 0 Å². The van der Waals surface area contributed by atoms with Gasteiger partial charge in [-0.3, -0.25) is 4.57 Å². The summed E-state index contributed by atoms with van der Waals surface area (Å²) >= 11 is 0. The smallest absolute Gasteiger partial charge is 0.408 e. The largest absolute Gasteiger partial charge is 0.419 e. The maximum Gasteiger partial charge on any atom is 0.419 e. The van der Waals surface area contributed by atoms with Crippen molar-refractivity contribution in [2.75, 3.05) is 20.2 Å². The fourth-order valence-electron chi connectivity index (χ4n) is 2.93. The van der Waals surface area contributed by atoms with E-state index >= 15 is 0 Å². The van der Waals surface area contributed by atoms with E-state index in [0.717, 1.165) is 25.9 Å². The Balaban J connectivity index is 1.78. The minimum Gasteiger partial charge on any atom is -0.408 e. The van der Waals surface area contributed by atoms with Crippen LogP contribution >= 0.6 is 0 Å². The van der Waals surface area contributed by atoms with Gasteiger partial charge in [0.05, 0.1) is 16.5 Å². The molecule has 0 radical (unpaired) electrons. The van der Waals surface area contributed by atoms with Gasteiger partial charge in [0, 0.05) is 27.2 Å². The molecule has 0 amide bonds. The van der Waals surface area contributed by atoms with E-state index in [0.29, 0.717) is 24.1 Å². The van der Waals surface area contributed by atoms with Crippen LogP contribution in [0.15, 0.2) is 32.3 Å². The number of ether oxygens (including phenoxy) is 1. The van der Waals surface area contributed by atoms with Gasteiger partial charge in [0.2, 0.25) is 10.0 Å². The average molecular weight is 354 g/mol. The number of rotatable bonds is 5. The van der Waals surface area contributed by atoms with E-state index in [1.807, 2.05) is 0 Å². The summed E-state index contributed by atoms with van der Waals surface area (Å²) < 4.78 is 38.8. The lowest BCUT2D eigenvalue weighted by atomic mass is 10.1. The van der Waals surface area contributed by atoms with Crippen molar-refractivity contribution >= 4 is 21.1 Å². The Morgan fingerprint density at radius 1 is 1.33 bits per heavy atom. The molecular weight excluding hydrogens is 332 g/mol. The van der Waals surface area contributed by atoms with Gasteiger partial charge in [-0.2, -0.15) is 0 Å². The zero-order valence-corrected chi connectivity index (χ0v) is 14.7. The van der Waals surface area contributed by atoms with Crippen LogP contribution in [0, 0.1) is 0 Å². The Morgan fingerprint density at radius 2 is 2.12 bits per heavy atom. The molecule has 0 saturated carbocycles. The molecular formula is C16H22N2O5S. The first-order chi connectivity index (χ1) is 11.4. The predicted octanol–water partition coefficient (Wildman–Crippen LogP) is 1.71. The van der Waals surface area contributed by atoms with E-state index in [1.165, 1.54) is 27.1 Å². The van der Waals surface area contributed by atoms with Crippen molar-refractivity contribution in [3.63, 3.8) is 0 Å². The summed E-state index contributed by atoms with van der Waals surface area (Å²) in [5, 5.41) is 0. The third kappa shape index (κ3) is 3.26. The molecule has 1 saturated heterocycles. The van der Waals surface area contributed by atoms with Crippen molar-refractivity contribution in [1.29, 1.82) is 0 Å². The predicted molar refractivity (Wildman–Crippen MR) is 89.5 cm³/mol. The van der Waals surface area contributed by atoms with Crippen molar-refractivity contribution in [2.45, 2.75) is 36.7 Å². The zero-order valence-electron chi connectivity index (χ0n) is 13.9. The van der Waals surface area contributed by atoms with Gasteiger partial charge in [-0.05, 0) is 43.9 Å². The number of oxazole rings is 1. The maximum absolute atomic E-state index is 12.7.